The van der Waals surface area contributed by atoms with Gasteiger partial charge >= 0.3 is 0 Å². The number of aliphatic hydroxyl groups excluding tert-OH is 2. The fourth-order valence-corrected chi connectivity index (χ4v) is 1.83. The Morgan fingerprint density at radius 1 is 1.42 bits per heavy atom. The number of halogens is 2. The molecule has 1 aromatic carbocycles. The zero-order valence-corrected chi connectivity index (χ0v) is 12.2. The van der Waals surface area contributed by atoms with Crippen LogP contribution in [-0.2, 0) is 11.2 Å². The summed E-state index contributed by atoms with van der Waals surface area (Å²) in [6, 6.07) is 4.67. The van der Waals surface area contributed by atoms with Gasteiger partial charge in [0, 0.05) is 10.9 Å². The van der Waals surface area contributed by atoms with Crippen molar-refractivity contribution in [1.82, 2.24) is 5.32 Å². The van der Waals surface area contributed by atoms with E-state index in [4.69, 9.17) is 10.2 Å². The van der Waals surface area contributed by atoms with E-state index in [1.54, 1.807) is 12.1 Å². The molecule has 0 aliphatic carbocycles. The number of nitrogens with one attached hydrogen (secondary N) is 1. The van der Waals surface area contributed by atoms with Gasteiger partial charge < -0.3 is 15.5 Å². The zero-order chi connectivity index (χ0) is 14.5. The maximum atomic E-state index is 13.5. The van der Waals surface area contributed by atoms with Crippen LogP contribution in [0.25, 0.3) is 0 Å². The van der Waals surface area contributed by atoms with Crippen molar-refractivity contribution in [2.45, 2.75) is 25.3 Å². The molecule has 19 heavy (non-hydrogen) atoms. The van der Waals surface area contributed by atoms with Crippen molar-refractivity contribution in [2.75, 3.05) is 13.2 Å². The van der Waals surface area contributed by atoms with E-state index in [-0.39, 0.29) is 37.8 Å². The van der Waals surface area contributed by atoms with Crippen LogP contribution in [0.4, 0.5) is 4.39 Å². The number of aliphatic hydroxyl groups is 2. The maximum absolute atomic E-state index is 13.5. The molecule has 0 fully saturated rings. The molecule has 4 nitrogen and oxygen atoms in total. The van der Waals surface area contributed by atoms with Gasteiger partial charge in [0.1, 0.15) is 5.82 Å². The summed E-state index contributed by atoms with van der Waals surface area (Å²) in [4.78, 5) is 11.7. The first kappa shape index (κ1) is 16.1. The van der Waals surface area contributed by atoms with Gasteiger partial charge in [-0.25, -0.2) is 4.39 Å². The lowest BCUT2D eigenvalue weighted by molar-refractivity contribution is -0.124. The van der Waals surface area contributed by atoms with Crippen molar-refractivity contribution in [3.8, 4) is 0 Å². The molecule has 0 spiro atoms. The van der Waals surface area contributed by atoms with Crippen molar-refractivity contribution in [3.05, 3.63) is 34.1 Å². The number of hydrogen-bond acceptors (Lipinski definition) is 3. The quantitative estimate of drug-likeness (QED) is 0.736. The lowest BCUT2D eigenvalue weighted by Gasteiger charge is -2.26. The zero-order valence-electron chi connectivity index (χ0n) is 10.6. The van der Waals surface area contributed by atoms with Crippen molar-refractivity contribution in [1.29, 1.82) is 0 Å². The van der Waals surface area contributed by atoms with E-state index in [9.17, 15) is 9.18 Å². The Morgan fingerprint density at radius 2 is 2.05 bits per heavy atom. The normalized spacial score (nSPS) is 11.4. The molecule has 0 unspecified atom stereocenters. The van der Waals surface area contributed by atoms with Crippen molar-refractivity contribution < 1.29 is 19.4 Å². The van der Waals surface area contributed by atoms with Crippen molar-refractivity contribution >= 4 is 21.8 Å². The van der Waals surface area contributed by atoms with Gasteiger partial charge in [-0.05, 0) is 31.0 Å². The Morgan fingerprint density at radius 3 is 2.58 bits per heavy atom. The summed E-state index contributed by atoms with van der Waals surface area (Å²) in [6.07, 6.45) is 0.353. The lowest BCUT2D eigenvalue weighted by Crippen LogP contribution is -2.51. The fraction of sp³-hybridized carbons (Fsp3) is 0.462. The van der Waals surface area contributed by atoms with E-state index in [0.717, 1.165) is 0 Å². The van der Waals surface area contributed by atoms with Gasteiger partial charge in [-0.2, -0.15) is 0 Å². The van der Waals surface area contributed by atoms with Crippen LogP contribution in [0, 0.1) is 5.82 Å². The summed E-state index contributed by atoms with van der Waals surface area (Å²) in [5.41, 5.74) is -0.594. The van der Waals surface area contributed by atoms with Crippen LogP contribution < -0.4 is 5.32 Å². The van der Waals surface area contributed by atoms with Crippen LogP contribution >= 0.6 is 15.9 Å². The van der Waals surface area contributed by atoms with E-state index in [1.807, 2.05) is 0 Å². The fourth-order valence-electron chi connectivity index (χ4n) is 1.50. The van der Waals surface area contributed by atoms with Crippen LogP contribution in [0.15, 0.2) is 22.7 Å². The van der Waals surface area contributed by atoms with Gasteiger partial charge in [-0.15, -0.1) is 0 Å². The number of carbonyl (C=O) groups excluding carboxylic acids is 1. The Hall–Kier alpha value is -0.980. The summed E-state index contributed by atoms with van der Waals surface area (Å²) in [6.45, 7) is 0.814. The van der Waals surface area contributed by atoms with Gasteiger partial charge in [-0.3, -0.25) is 4.79 Å². The lowest BCUT2D eigenvalue weighted by atomic mass is 10.0. The summed E-state index contributed by atoms with van der Waals surface area (Å²) >= 11 is 3.16. The molecule has 0 bridgehead atoms. The minimum Gasteiger partial charge on any atom is -0.394 e. The van der Waals surface area contributed by atoms with E-state index < -0.39 is 5.54 Å². The smallest absolute Gasteiger partial charge is 0.220 e. The number of carbonyl (C=O) groups is 1. The number of aryl methyl sites for hydroxylation is 1. The van der Waals surface area contributed by atoms with E-state index >= 15 is 0 Å². The molecule has 1 rings (SSSR count). The molecule has 106 valence electrons. The van der Waals surface area contributed by atoms with Crippen LogP contribution in [0.1, 0.15) is 18.9 Å². The van der Waals surface area contributed by atoms with E-state index in [0.29, 0.717) is 10.0 Å². The van der Waals surface area contributed by atoms with Gasteiger partial charge in [0.2, 0.25) is 5.91 Å². The SMILES string of the molecule is CC(CO)(CO)NC(=O)CCc1ccc(Br)cc1F. The van der Waals surface area contributed by atoms with Gasteiger partial charge in [0.15, 0.2) is 0 Å². The molecule has 6 heteroatoms. The van der Waals surface area contributed by atoms with Crippen LogP contribution in [0.3, 0.4) is 0 Å². The minimum atomic E-state index is -1.05. The Bertz CT molecular complexity index is 450. The molecule has 0 atom stereocenters. The highest BCUT2D eigenvalue weighted by Gasteiger charge is 2.24. The summed E-state index contributed by atoms with van der Waals surface area (Å²) < 4.78 is 14.2. The Kier molecular flexibility index (Phi) is 5.90. The first-order chi connectivity index (χ1) is 8.90. The molecule has 0 heterocycles. The highest BCUT2D eigenvalue weighted by molar-refractivity contribution is 9.10. The molecule has 3 N–H and O–H groups in total. The third kappa shape index (κ3) is 4.89. The summed E-state index contributed by atoms with van der Waals surface area (Å²) in [7, 11) is 0. The standard InChI is InChI=1S/C13H17BrFNO3/c1-13(7-17,8-18)16-12(19)5-3-9-2-4-10(14)6-11(9)15/h2,4,6,17-18H,3,5,7-8H2,1H3,(H,16,19). The monoisotopic (exact) mass is 333 g/mol. The highest BCUT2D eigenvalue weighted by atomic mass is 79.9. The second-order valence-corrected chi connectivity index (χ2v) is 5.58. The third-order valence-electron chi connectivity index (χ3n) is 2.78. The summed E-state index contributed by atoms with van der Waals surface area (Å²) in [5.74, 6) is -0.706. The number of hydrogen-bond donors (Lipinski definition) is 3. The number of benzene rings is 1. The highest BCUT2D eigenvalue weighted by Crippen LogP contribution is 2.16. The first-order valence-corrected chi connectivity index (χ1v) is 6.66. The van der Waals surface area contributed by atoms with Crippen molar-refractivity contribution in [2.24, 2.45) is 0 Å². The predicted molar refractivity (Wildman–Crippen MR) is 73.1 cm³/mol. The average Bonchev–Trinajstić information content (AvgIpc) is 2.37. The van der Waals surface area contributed by atoms with Crippen LogP contribution in [0.5, 0.6) is 0 Å². The molecule has 0 saturated carbocycles. The van der Waals surface area contributed by atoms with Gasteiger partial charge in [-0.1, -0.05) is 22.0 Å². The van der Waals surface area contributed by atoms with Crippen LogP contribution in [-0.4, -0.2) is 34.9 Å². The molecule has 1 aromatic rings. The molecule has 0 aliphatic rings. The molecule has 0 aromatic heterocycles. The molecule has 1 amide bonds. The second kappa shape index (κ2) is 6.98. The average molecular weight is 334 g/mol. The first-order valence-electron chi connectivity index (χ1n) is 5.87. The number of rotatable bonds is 6. The number of amides is 1. The van der Waals surface area contributed by atoms with E-state index in [2.05, 4.69) is 21.2 Å². The molecular formula is C13H17BrFNO3. The van der Waals surface area contributed by atoms with Crippen LogP contribution in [0.2, 0.25) is 0 Å². The van der Waals surface area contributed by atoms with Gasteiger partial charge in [0.05, 0.1) is 18.8 Å². The molecule has 0 saturated heterocycles. The minimum absolute atomic E-state index is 0.0914. The molecular weight excluding hydrogens is 317 g/mol. The molecule has 0 aliphatic heterocycles. The van der Waals surface area contributed by atoms with E-state index in [1.165, 1.54) is 13.0 Å². The van der Waals surface area contributed by atoms with Gasteiger partial charge in [0.25, 0.3) is 0 Å². The predicted octanol–water partition coefficient (Wildman–Crippen LogP) is 1.38. The largest absolute Gasteiger partial charge is 0.394 e. The maximum Gasteiger partial charge on any atom is 0.220 e. The Labute approximate surface area is 119 Å². The Balaban J connectivity index is 2.55. The third-order valence-corrected chi connectivity index (χ3v) is 3.27. The summed E-state index contributed by atoms with van der Waals surface area (Å²) in [5, 5.41) is 20.6. The molecule has 0 radical (unpaired) electrons. The van der Waals surface area contributed by atoms with Crippen molar-refractivity contribution in [3.63, 3.8) is 0 Å². The topological polar surface area (TPSA) is 69.6 Å². The second-order valence-electron chi connectivity index (χ2n) is 4.66.